The van der Waals surface area contributed by atoms with E-state index >= 15 is 0 Å². The van der Waals surface area contributed by atoms with Gasteiger partial charge in [-0.15, -0.1) is 0 Å². The highest BCUT2D eigenvalue weighted by molar-refractivity contribution is 7.98. The number of ether oxygens (including phenoxy) is 1. The van der Waals surface area contributed by atoms with E-state index in [1.54, 1.807) is 41.8 Å². The van der Waals surface area contributed by atoms with Crippen LogP contribution in [0.1, 0.15) is 32.6 Å². The van der Waals surface area contributed by atoms with Gasteiger partial charge in [-0.3, -0.25) is 14.2 Å². The van der Waals surface area contributed by atoms with Crippen LogP contribution in [-0.2, 0) is 12.3 Å². The molecular formula is C33H31N3O3S. The summed E-state index contributed by atoms with van der Waals surface area (Å²) in [5.74, 6) is 1.23. The number of carbonyl (C=O) groups is 1. The third-order valence-corrected chi connectivity index (χ3v) is 7.87. The van der Waals surface area contributed by atoms with Crippen molar-refractivity contribution in [2.24, 2.45) is 0 Å². The van der Waals surface area contributed by atoms with Crippen LogP contribution in [0.15, 0.2) is 101 Å². The Bertz CT molecular complexity index is 1730. The maximum Gasteiger partial charge on any atom is 0.266 e. The molecule has 7 heteroatoms. The number of hydrogen-bond donors (Lipinski definition) is 0. The van der Waals surface area contributed by atoms with E-state index in [-0.39, 0.29) is 11.5 Å². The van der Waals surface area contributed by atoms with Gasteiger partial charge >= 0.3 is 0 Å². The van der Waals surface area contributed by atoms with E-state index in [0.29, 0.717) is 45.4 Å². The molecule has 4 aromatic carbocycles. The lowest BCUT2D eigenvalue weighted by Gasteiger charge is -2.18. The molecule has 1 heterocycles. The number of nitrogens with zero attached hydrogens (tertiary/aromatic N) is 3. The van der Waals surface area contributed by atoms with Crippen LogP contribution in [0.2, 0.25) is 0 Å². The lowest BCUT2D eigenvalue weighted by atomic mass is 10.1. The molecule has 0 atom stereocenters. The molecule has 0 unspecified atom stereocenters. The van der Waals surface area contributed by atoms with Crippen LogP contribution in [0.3, 0.4) is 0 Å². The average Bonchev–Trinajstić information content (AvgIpc) is 2.97. The van der Waals surface area contributed by atoms with E-state index in [4.69, 9.17) is 9.72 Å². The zero-order valence-corrected chi connectivity index (χ0v) is 23.9. The Kier molecular flexibility index (Phi) is 8.03. The molecule has 0 aliphatic heterocycles. The molecule has 0 N–H and O–H groups in total. The minimum atomic E-state index is -0.185. The van der Waals surface area contributed by atoms with Gasteiger partial charge in [0.25, 0.3) is 11.5 Å². The standard InChI is InChI=1S/C33H31N3O3S/c1-22-10-11-23(2)26(18-22)21-40-33-34-30-19-25(31(37)35(3)20-24-8-6-5-7-9-24)12-17-29(30)32(38)36(33)27-13-15-28(39-4)16-14-27/h5-19H,20-21H2,1-4H3. The van der Waals surface area contributed by atoms with Gasteiger partial charge < -0.3 is 9.64 Å². The molecule has 0 aliphatic carbocycles. The fourth-order valence-electron chi connectivity index (χ4n) is 4.60. The molecule has 5 aromatic rings. The highest BCUT2D eigenvalue weighted by Crippen LogP contribution is 2.27. The molecule has 0 fully saturated rings. The molecular weight excluding hydrogens is 518 g/mol. The number of carbonyl (C=O) groups excluding carboxylic acids is 1. The van der Waals surface area contributed by atoms with E-state index in [2.05, 4.69) is 32.0 Å². The molecule has 0 bridgehead atoms. The van der Waals surface area contributed by atoms with E-state index in [1.165, 1.54) is 28.5 Å². The van der Waals surface area contributed by atoms with E-state index in [1.807, 2.05) is 54.6 Å². The normalized spacial score (nSPS) is 11.0. The number of aryl methyl sites for hydroxylation is 2. The van der Waals surface area contributed by atoms with Crippen LogP contribution in [-0.4, -0.2) is 34.5 Å². The average molecular weight is 550 g/mol. The number of methoxy groups -OCH3 is 1. The lowest BCUT2D eigenvalue weighted by molar-refractivity contribution is 0.0785. The van der Waals surface area contributed by atoms with Gasteiger partial charge in [-0.05, 0) is 73.0 Å². The third kappa shape index (κ3) is 5.80. The van der Waals surface area contributed by atoms with Crippen molar-refractivity contribution < 1.29 is 9.53 Å². The molecule has 0 saturated heterocycles. The molecule has 5 rings (SSSR count). The highest BCUT2D eigenvalue weighted by Gasteiger charge is 2.18. The van der Waals surface area contributed by atoms with Crippen molar-refractivity contribution >= 4 is 28.6 Å². The highest BCUT2D eigenvalue weighted by atomic mass is 32.2. The molecule has 40 heavy (non-hydrogen) atoms. The number of hydrogen-bond acceptors (Lipinski definition) is 5. The zero-order chi connectivity index (χ0) is 28.2. The van der Waals surface area contributed by atoms with Crippen LogP contribution in [0.25, 0.3) is 16.6 Å². The first-order valence-electron chi connectivity index (χ1n) is 13.0. The second-order valence-electron chi connectivity index (χ2n) is 9.83. The number of aromatic nitrogens is 2. The third-order valence-electron chi connectivity index (χ3n) is 6.89. The summed E-state index contributed by atoms with van der Waals surface area (Å²) in [5, 5.41) is 1.01. The smallest absolute Gasteiger partial charge is 0.266 e. The van der Waals surface area contributed by atoms with Crippen molar-refractivity contribution in [2.75, 3.05) is 14.2 Å². The fraction of sp³-hybridized carbons (Fsp3) is 0.182. The second kappa shape index (κ2) is 11.8. The minimum Gasteiger partial charge on any atom is -0.497 e. The van der Waals surface area contributed by atoms with Crippen LogP contribution >= 0.6 is 11.8 Å². The Balaban J connectivity index is 1.55. The van der Waals surface area contributed by atoms with Gasteiger partial charge in [-0.2, -0.15) is 0 Å². The molecule has 0 spiro atoms. The maximum absolute atomic E-state index is 13.9. The van der Waals surface area contributed by atoms with Crippen molar-refractivity contribution in [1.29, 1.82) is 0 Å². The topological polar surface area (TPSA) is 64.4 Å². The monoisotopic (exact) mass is 549 g/mol. The van der Waals surface area contributed by atoms with Crippen LogP contribution in [0.5, 0.6) is 5.75 Å². The lowest BCUT2D eigenvalue weighted by Crippen LogP contribution is -2.26. The van der Waals surface area contributed by atoms with Gasteiger partial charge in [-0.1, -0.05) is 65.9 Å². The van der Waals surface area contributed by atoms with Gasteiger partial charge in [0.2, 0.25) is 0 Å². The largest absolute Gasteiger partial charge is 0.497 e. The van der Waals surface area contributed by atoms with Crippen LogP contribution in [0.4, 0.5) is 0 Å². The van der Waals surface area contributed by atoms with Crippen molar-refractivity contribution in [3.63, 3.8) is 0 Å². The summed E-state index contributed by atoms with van der Waals surface area (Å²) in [6.45, 7) is 4.65. The summed E-state index contributed by atoms with van der Waals surface area (Å²) in [7, 11) is 3.39. The number of rotatable bonds is 8. The van der Waals surface area contributed by atoms with Gasteiger partial charge in [0.1, 0.15) is 5.75 Å². The Morgan fingerprint density at radius 2 is 1.70 bits per heavy atom. The molecule has 1 aromatic heterocycles. The Morgan fingerprint density at radius 3 is 2.42 bits per heavy atom. The Labute approximate surface area is 238 Å². The quantitative estimate of drug-likeness (QED) is 0.162. The van der Waals surface area contributed by atoms with E-state index < -0.39 is 0 Å². The first kappa shape index (κ1) is 27.2. The van der Waals surface area contributed by atoms with Crippen molar-refractivity contribution in [1.82, 2.24) is 14.5 Å². The molecule has 1 amide bonds. The number of amides is 1. The summed E-state index contributed by atoms with van der Waals surface area (Å²) in [4.78, 5) is 33.8. The summed E-state index contributed by atoms with van der Waals surface area (Å²) in [6.07, 6.45) is 0. The predicted molar refractivity (Wildman–Crippen MR) is 162 cm³/mol. The Hall–Kier alpha value is -4.36. The van der Waals surface area contributed by atoms with E-state index in [0.717, 1.165) is 5.56 Å². The number of fused-ring (bicyclic) bond motifs is 1. The van der Waals surface area contributed by atoms with Gasteiger partial charge in [0.05, 0.1) is 23.7 Å². The van der Waals surface area contributed by atoms with Crippen LogP contribution in [0, 0.1) is 13.8 Å². The SMILES string of the molecule is COc1ccc(-n2c(SCc3cc(C)ccc3C)nc3cc(C(=O)N(C)Cc4ccccc4)ccc3c2=O)cc1. The fourth-order valence-corrected chi connectivity index (χ4v) is 5.68. The number of benzene rings is 4. The first-order chi connectivity index (χ1) is 19.3. The summed E-state index contributed by atoms with van der Waals surface area (Å²) in [5.41, 5.74) is 6.11. The van der Waals surface area contributed by atoms with Gasteiger partial charge in [0, 0.05) is 24.9 Å². The summed E-state index contributed by atoms with van der Waals surface area (Å²) in [6, 6.07) is 28.7. The minimum absolute atomic E-state index is 0.128. The summed E-state index contributed by atoms with van der Waals surface area (Å²) < 4.78 is 6.95. The van der Waals surface area contributed by atoms with Crippen molar-refractivity contribution in [3.05, 3.63) is 129 Å². The molecule has 0 aliphatic rings. The van der Waals surface area contributed by atoms with E-state index in [9.17, 15) is 9.59 Å². The Morgan fingerprint density at radius 1 is 0.950 bits per heavy atom. The van der Waals surface area contributed by atoms with Gasteiger partial charge in [-0.25, -0.2) is 4.98 Å². The molecule has 0 radical (unpaired) electrons. The maximum atomic E-state index is 13.9. The predicted octanol–water partition coefficient (Wildman–Crippen LogP) is 6.58. The molecule has 0 saturated carbocycles. The number of thioether (sulfide) groups is 1. The first-order valence-corrected chi connectivity index (χ1v) is 14.0. The van der Waals surface area contributed by atoms with Crippen molar-refractivity contribution in [3.8, 4) is 11.4 Å². The second-order valence-corrected chi connectivity index (χ2v) is 10.8. The van der Waals surface area contributed by atoms with Gasteiger partial charge in [0.15, 0.2) is 5.16 Å². The molecule has 6 nitrogen and oxygen atoms in total. The van der Waals surface area contributed by atoms with Crippen molar-refractivity contribution in [2.45, 2.75) is 31.3 Å². The molecule has 202 valence electrons. The van der Waals surface area contributed by atoms with Crippen LogP contribution < -0.4 is 10.3 Å². The zero-order valence-electron chi connectivity index (χ0n) is 23.0. The summed E-state index contributed by atoms with van der Waals surface area (Å²) >= 11 is 1.50.